The third-order valence-electron chi connectivity index (χ3n) is 4.93. The fourth-order valence-electron chi connectivity index (χ4n) is 3.56. The molecule has 0 aromatic carbocycles. The summed E-state index contributed by atoms with van der Waals surface area (Å²) in [6, 6.07) is 4.66. The van der Waals surface area contributed by atoms with E-state index in [9.17, 15) is 4.79 Å². The summed E-state index contributed by atoms with van der Waals surface area (Å²) < 4.78 is 0. The van der Waals surface area contributed by atoms with Gasteiger partial charge in [0, 0.05) is 12.1 Å². The lowest BCUT2D eigenvalue weighted by Gasteiger charge is -2.20. The molecule has 134 valence electrons. The van der Waals surface area contributed by atoms with Crippen molar-refractivity contribution in [2.75, 3.05) is 18.9 Å². The zero-order valence-corrected chi connectivity index (χ0v) is 15.5. The highest BCUT2D eigenvalue weighted by Crippen LogP contribution is 2.30. The quantitative estimate of drug-likeness (QED) is 0.876. The first-order chi connectivity index (χ1) is 11.9. The molecule has 2 aromatic rings. The van der Waals surface area contributed by atoms with Crippen LogP contribution in [0.4, 0.5) is 5.69 Å². The maximum Gasteiger partial charge on any atom is 0.224 e. The first-order valence-corrected chi connectivity index (χ1v) is 8.93. The average Bonchev–Trinajstić information content (AvgIpc) is 3.13. The number of rotatable bonds is 5. The summed E-state index contributed by atoms with van der Waals surface area (Å²) in [5, 5.41) is 9.96. The molecule has 1 aliphatic heterocycles. The first kappa shape index (κ1) is 17.6. The third-order valence-corrected chi connectivity index (χ3v) is 4.93. The van der Waals surface area contributed by atoms with Crippen molar-refractivity contribution in [3.8, 4) is 0 Å². The Morgan fingerprint density at radius 2 is 2.16 bits per heavy atom. The van der Waals surface area contributed by atoms with Crippen molar-refractivity contribution in [2.45, 2.75) is 52.5 Å². The zero-order chi connectivity index (χ0) is 18.0. The highest BCUT2D eigenvalue weighted by Gasteiger charge is 2.24. The average molecular weight is 341 g/mol. The van der Waals surface area contributed by atoms with Crippen LogP contribution in [0.15, 0.2) is 12.1 Å². The normalized spacial score (nSPS) is 17.8. The van der Waals surface area contributed by atoms with E-state index in [0.29, 0.717) is 18.9 Å². The molecule has 3 rings (SSSR count). The van der Waals surface area contributed by atoms with E-state index in [4.69, 9.17) is 4.98 Å². The molecule has 6 heteroatoms. The van der Waals surface area contributed by atoms with Crippen molar-refractivity contribution in [3.63, 3.8) is 0 Å². The number of H-pyrrole nitrogens is 1. The third kappa shape index (κ3) is 4.07. The maximum absolute atomic E-state index is 12.3. The summed E-state index contributed by atoms with van der Waals surface area (Å²) in [5.74, 6) is 0.0154. The van der Waals surface area contributed by atoms with Crippen LogP contribution in [0.2, 0.25) is 0 Å². The van der Waals surface area contributed by atoms with Gasteiger partial charge in [0.05, 0.1) is 28.8 Å². The monoisotopic (exact) mass is 341 g/mol. The molecule has 2 aromatic heterocycles. The predicted molar refractivity (Wildman–Crippen MR) is 98.6 cm³/mol. The Kier molecular flexibility index (Phi) is 5.18. The van der Waals surface area contributed by atoms with Crippen LogP contribution < -0.4 is 5.32 Å². The molecule has 0 bridgehead atoms. The van der Waals surface area contributed by atoms with E-state index in [2.05, 4.69) is 39.6 Å². The Bertz CT molecular complexity index is 748. The van der Waals surface area contributed by atoms with Crippen LogP contribution >= 0.6 is 0 Å². The van der Waals surface area contributed by atoms with Crippen LogP contribution in [0, 0.1) is 20.8 Å². The van der Waals surface area contributed by atoms with Crippen molar-refractivity contribution >= 4 is 11.6 Å². The number of hydrogen-bond acceptors (Lipinski definition) is 4. The zero-order valence-electron chi connectivity index (χ0n) is 15.5. The fourth-order valence-corrected chi connectivity index (χ4v) is 3.56. The van der Waals surface area contributed by atoms with Crippen molar-refractivity contribution < 1.29 is 4.79 Å². The van der Waals surface area contributed by atoms with Gasteiger partial charge in [-0.15, -0.1) is 0 Å². The molecule has 1 amide bonds. The molecular formula is C19H27N5O. The number of aromatic amines is 1. The molecule has 0 saturated carbocycles. The van der Waals surface area contributed by atoms with Gasteiger partial charge in [0.25, 0.3) is 0 Å². The molecular weight excluding hydrogens is 314 g/mol. The molecule has 0 radical (unpaired) electrons. The van der Waals surface area contributed by atoms with Crippen LogP contribution in [0.25, 0.3) is 0 Å². The molecule has 3 heterocycles. The van der Waals surface area contributed by atoms with Crippen molar-refractivity contribution in [1.82, 2.24) is 20.1 Å². The second kappa shape index (κ2) is 7.35. The van der Waals surface area contributed by atoms with Crippen LogP contribution in [0.1, 0.15) is 53.6 Å². The molecule has 6 nitrogen and oxygen atoms in total. The molecule has 25 heavy (non-hydrogen) atoms. The summed E-state index contributed by atoms with van der Waals surface area (Å²) in [5.41, 5.74) is 5.84. The summed E-state index contributed by atoms with van der Waals surface area (Å²) in [7, 11) is 2.16. The Morgan fingerprint density at radius 3 is 2.80 bits per heavy atom. The number of carbonyl (C=O) groups excluding carboxylic acids is 1. The van der Waals surface area contributed by atoms with Crippen molar-refractivity contribution in [2.24, 2.45) is 0 Å². The lowest BCUT2D eigenvalue weighted by molar-refractivity contribution is -0.116. The fraction of sp³-hybridized carbons (Fsp3) is 0.526. The van der Waals surface area contributed by atoms with Gasteiger partial charge in [-0.05, 0) is 71.3 Å². The largest absolute Gasteiger partial charge is 0.323 e. The molecule has 0 unspecified atom stereocenters. The minimum atomic E-state index is 0.0154. The number of nitrogens with one attached hydrogen (secondary N) is 2. The number of carbonyl (C=O) groups is 1. The molecule has 1 aliphatic rings. The van der Waals surface area contributed by atoms with E-state index in [1.807, 2.05) is 20.8 Å². The van der Waals surface area contributed by atoms with Gasteiger partial charge in [-0.2, -0.15) is 5.10 Å². The summed E-state index contributed by atoms with van der Waals surface area (Å²) in [4.78, 5) is 19.4. The smallest absolute Gasteiger partial charge is 0.224 e. The molecule has 2 N–H and O–H groups in total. The number of hydrogen-bond donors (Lipinski definition) is 2. The Balaban J connectivity index is 1.65. The van der Waals surface area contributed by atoms with E-state index in [1.54, 1.807) is 0 Å². The molecule has 0 aliphatic carbocycles. The Hall–Kier alpha value is -2.21. The SMILES string of the molecule is Cc1cc(CCC(=O)Nc2c(C)n[nH]c2C)cc([C@H]2CCCN2C)n1. The standard InChI is InChI=1S/C19H27N5O/c1-12-10-15(11-16(20-12)17-6-5-9-24(17)4)7-8-18(25)21-19-13(2)22-23-14(19)3/h10-11,17H,5-9H2,1-4H3,(H,21,25)(H,22,23)/t17-/m1/s1. The van der Waals surface area contributed by atoms with Crippen LogP contribution in [-0.2, 0) is 11.2 Å². The molecule has 0 spiro atoms. The number of amides is 1. The lowest BCUT2D eigenvalue weighted by Crippen LogP contribution is -2.19. The number of likely N-dealkylation sites (tertiary alicyclic amines) is 1. The van der Waals surface area contributed by atoms with Gasteiger partial charge in [0.15, 0.2) is 0 Å². The Labute approximate surface area is 149 Å². The molecule has 1 fully saturated rings. The number of aryl methyl sites for hydroxylation is 4. The van der Waals surface area contributed by atoms with Gasteiger partial charge in [0.2, 0.25) is 5.91 Å². The summed E-state index contributed by atoms with van der Waals surface area (Å²) >= 11 is 0. The van der Waals surface area contributed by atoms with Gasteiger partial charge in [-0.3, -0.25) is 19.8 Å². The van der Waals surface area contributed by atoms with Crippen LogP contribution in [0.3, 0.4) is 0 Å². The summed E-state index contributed by atoms with van der Waals surface area (Å²) in [6.45, 7) is 6.95. The number of anilines is 1. The van der Waals surface area contributed by atoms with Gasteiger partial charge >= 0.3 is 0 Å². The number of pyridine rings is 1. The topological polar surface area (TPSA) is 73.9 Å². The molecule has 1 saturated heterocycles. The number of nitrogens with zero attached hydrogens (tertiary/aromatic N) is 3. The van der Waals surface area contributed by atoms with Crippen molar-refractivity contribution in [3.05, 3.63) is 40.5 Å². The summed E-state index contributed by atoms with van der Waals surface area (Å²) in [6.07, 6.45) is 3.55. The van der Waals surface area contributed by atoms with E-state index in [-0.39, 0.29) is 5.91 Å². The predicted octanol–water partition coefficient (Wildman–Crippen LogP) is 3.07. The maximum atomic E-state index is 12.3. The molecule has 1 atom stereocenters. The van der Waals surface area contributed by atoms with E-state index in [1.165, 1.54) is 12.0 Å². The van der Waals surface area contributed by atoms with Gasteiger partial charge < -0.3 is 5.32 Å². The minimum absolute atomic E-state index is 0.0154. The first-order valence-electron chi connectivity index (χ1n) is 8.93. The Morgan fingerprint density at radius 1 is 1.36 bits per heavy atom. The van der Waals surface area contributed by atoms with Crippen molar-refractivity contribution in [1.29, 1.82) is 0 Å². The van der Waals surface area contributed by atoms with E-state index >= 15 is 0 Å². The highest BCUT2D eigenvalue weighted by molar-refractivity contribution is 5.91. The van der Waals surface area contributed by atoms with Gasteiger partial charge in [-0.25, -0.2) is 0 Å². The van der Waals surface area contributed by atoms with Gasteiger partial charge in [0.1, 0.15) is 0 Å². The van der Waals surface area contributed by atoms with Gasteiger partial charge in [-0.1, -0.05) is 0 Å². The van der Waals surface area contributed by atoms with Crippen LogP contribution in [-0.4, -0.2) is 39.6 Å². The van der Waals surface area contributed by atoms with E-state index in [0.717, 1.165) is 41.4 Å². The second-order valence-electron chi connectivity index (χ2n) is 7.04. The second-order valence-corrected chi connectivity index (χ2v) is 7.04. The highest BCUT2D eigenvalue weighted by atomic mass is 16.1. The number of aromatic nitrogens is 3. The van der Waals surface area contributed by atoms with Crippen LogP contribution in [0.5, 0.6) is 0 Å². The lowest BCUT2D eigenvalue weighted by atomic mass is 10.0. The van der Waals surface area contributed by atoms with E-state index < -0.39 is 0 Å². The minimum Gasteiger partial charge on any atom is -0.323 e.